The second-order valence-electron chi connectivity index (χ2n) is 6.41. The largest absolute Gasteiger partial charge is 0.372 e. The number of rotatable bonds is 2. The lowest BCUT2D eigenvalue weighted by molar-refractivity contribution is 0.747. The van der Waals surface area contributed by atoms with Crippen molar-refractivity contribution in [3.63, 3.8) is 0 Å². The fraction of sp³-hybridized carbons (Fsp3) is 0.154. The van der Waals surface area contributed by atoms with E-state index in [1.165, 1.54) is 11.1 Å². The zero-order valence-corrected chi connectivity index (χ0v) is 18.2. The van der Waals surface area contributed by atoms with Crippen LogP contribution in [-0.4, -0.2) is 6.17 Å². The molecule has 1 aliphatic heterocycles. The quantitative estimate of drug-likeness (QED) is 0.440. The monoisotopic (exact) mass is 402 g/mol. The van der Waals surface area contributed by atoms with Crippen LogP contribution in [0.15, 0.2) is 102 Å². The molecule has 0 aromatic heterocycles. The predicted octanol–water partition coefficient (Wildman–Crippen LogP) is 6.31. The summed E-state index contributed by atoms with van der Waals surface area (Å²) < 4.78 is 0. The zero-order valence-electron chi connectivity index (χ0n) is 17.3. The summed E-state index contributed by atoms with van der Waals surface area (Å²) in [6.07, 6.45) is 3.98. The molecule has 3 aromatic carbocycles. The first-order valence-corrected chi connectivity index (χ1v) is 10.4. The van der Waals surface area contributed by atoms with Crippen molar-refractivity contribution in [1.82, 2.24) is 5.32 Å². The molecule has 4 rings (SSSR count). The molecule has 0 amide bonds. The average Bonchev–Trinajstić information content (AvgIpc) is 2.77. The van der Waals surface area contributed by atoms with Gasteiger partial charge in [0.15, 0.2) is 0 Å². The Morgan fingerprint density at radius 2 is 1.38 bits per heavy atom. The Bertz CT molecular complexity index is 914. The van der Waals surface area contributed by atoms with E-state index in [0.717, 1.165) is 21.6 Å². The number of hydrogen-bond donors (Lipinski definition) is 3. The highest BCUT2D eigenvalue weighted by atomic mass is 32.1. The van der Waals surface area contributed by atoms with E-state index in [2.05, 4.69) is 61.3 Å². The first-order valence-electron chi connectivity index (χ1n) is 9.93. The summed E-state index contributed by atoms with van der Waals surface area (Å²) in [7, 11) is 0. The number of aryl methyl sites for hydroxylation is 1. The Morgan fingerprint density at radius 3 is 1.90 bits per heavy atom. The van der Waals surface area contributed by atoms with E-state index in [4.69, 9.17) is 5.73 Å². The van der Waals surface area contributed by atoms with E-state index in [1.807, 2.05) is 74.6 Å². The lowest BCUT2D eigenvalue weighted by atomic mass is 9.95. The predicted molar refractivity (Wildman–Crippen MR) is 130 cm³/mol. The Kier molecular flexibility index (Phi) is 9.29. The van der Waals surface area contributed by atoms with E-state index in [0.29, 0.717) is 0 Å². The van der Waals surface area contributed by atoms with E-state index in [9.17, 15) is 0 Å². The lowest BCUT2D eigenvalue weighted by Gasteiger charge is -2.22. The minimum absolute atomic E-state index is 0.158. The van der Waals surface area contributed by atoms with Crippen LogP contribution in [0.3, 0.4) is 0 Å². The average molecular weight is 403 g/mol. The van der Waals surface area contributed by atoms with Gasteiger partial charge in [-0.15, -0.1) is 12.6 Å². The van der Waals surface area contributed by atoms with Crippen molar-refractivity contribution < 1.29 is 0 Å². The molecule has 1 aliphatic rings. The highest BCUT2D eigenvalue weighted by Crippen LogP contribution is 2.26. The zero-order chi connectivity index (χ0) is 21.1. The molecule has 3 heteroatoms. The minimum Gasteiger partial charge on any atom is -0.372 e. The summed E-state index contributed by atoms with van der Waals surface area (Å²) in [5.41, 5.74) is 12.0. The van der Waals surface area contributed by atoms with Crippen molar-refractivity contribution in [3.8, 4) is 0 Å². The molecule has 1 heterocycles. The van der Waals surface area contributed by atoms with Gasteiger partial charge < -0.3 is 11.1 Å². The first-order chi connectivity index (χ1) is 14.1. The molecule has 0 saturated heterocycles. The first kappa shape index (κ1) is 22.5. The number of thiol groups is 1. The standard InChI is InChI=1S/C17H16N2.C7H8S.C2H6/c18-17-16(14-9-5-2-6-10-14)11-15(12-19-17)13-7-3-1-4-8-13;1-6-3-2-4-7(8)5-6;1-2/h1-12,17,19H,18H2;2-5,8H,1H3;1-2H3. The molecule has 0 aliphatic carbocycles. The molecule has 0 radical (unpaired) electrons. The smallest absolute Gasteiger partial charge is 0.101 e. The molecule has 1 atom stereocenters. The SMILES string of the molecule is CC.Cc1cccc(S)c1.NC1NC=C(c2ccccc2)C=C1c1ccccc1. The van der Waals surface area contributed by atoms with Crippen molar-refractivity contribution in [2.45, 2.75) is 31.8 Å². The summed E-state index contributed by atoms with van der Waals surface area (Å²) in [6, 6.07) is 28.6. The maximum absolute atomic E-state index is 6.13. The van der Waals surface area contributed by atoms with Gasteiger partial charge in [-0.05, 0) is 47.4 Å². The van der Waals surface area contributed by atoms with Gasteiger partial charge in [0.05, 0.1) is 0 Å². The third kappa shape index (κ3) is 6.97. The molecule has 0 spiro atoms. The highest BCUT2D eigenvalue weighted by molar-refractivity contribution is 7.80. The molecule has 1 unspecified atom stereocenters. The molecule has 150 valence electrons. The van der Waals surface area contributed by atoms with Gasteiger partial charge in [0, 0.05) is 11.1 Å². The van der Waals surface area contributed by atoms with Gasteiger partial charge >= 0.3 is 0 Å². The molecule has 2 nitrogen and oxygen atoms in total. The third-order valence-corrected chi connectivity index (χ3v) is 4.56. The fourth-order valence-electron chi connectivity index (χ4n) is 2.89. The van der Waals surface area contributed by atoms with Gasteiger partial charge in [0.25, 0.3) is 0 Å². The second-order valence-corrected chi connectivity index (χ2v) is 6.93. The molecule has 29 heavy (non-hydrogen) atoms. The van der Waals surface area contributed by atoms with Crippen LogP contribution < -0.4 is 11.1 Å². The van der Waals surface area contributed by atoms with Crippen molar-refractivity contribution in [3.05, 3.63) is 114 Å². The minimum atomic E-state index is -0.158. The Morgan fingerprint density at radius 1 is 0.793 bits per heavy atom. The Labute approximate surface area is 180 Å². The van der Waals surface area contributed by atoms with Crippen LogP contribution in [0.5, 0.6) is 0 Å². The van der Waals surface area contributed by atoms with E-state index < -0.39 is 0 Å². The summed E-state index contributed by atoms with van der Waals surface area (Å²) >= 11 is 4.15. The van der Waals surface area contributed by atoms with Gasteiger partial charge in [-0.25, -0.2) is 0 Å². The number of benzene rings is 3. The summed E-state index contributed by atoms with van der Waals surface area (Å²) in [6.45, 7) is 6.06. The number of hydrogen-bond acceptors (Lipinski definition) is 3. The number of dihydropyridines is 1. The van der Waals surface area contributed by atoms with Gasteiger partial charge in [-0.2, -0.15) is 0 Å². The maximum Gasteiger partial charge on any atom is 0.101 e. The molecule has 0 fully saturated rings. The normalized spacial score (nSPS) is 14.7. The van der Waals surface area contributed by atoms with E-state index >= 15 is 0 Å². The molecular formula is C26H30N2S. The van der Waals surface area contributed by atoms with Crippen LogP contribution >= 0.6 is 12.6 Å². The van der Waals surface area contributed by atoms with Gasteiger partial charge in [0.1, 0.15) is 6.17 Å². The molecule has 0 saturated carbocycles. The number of nitrogens with one attached hydrogen (secondary N) is 1. The number of nitrogens with two attached hydrogens (primary N) is 1. The third-order valence-electron chi connectivity index (χ3n) is 4.28. The van der Waals surface area contributed by atoms with Crippen LogP contribution in [0, 0.1) is 6.92 Å². The highest BCUT2D eigenvalue weighted by Gasteiger charge is 2.15. The fourth-order valence-corrected chi connectivity index (χ4v) is 3.18. The lowest BCUT2D eigenvalue weighted by Crippen LogP contribution is -2.36. The van der Waals surface area contributed by atoms with Gasteiger partial charge in [0.2, 0.25) is 0 Å². The second kappa shape index (κ2) is 11.9. The molecular weight excluding hydrogens is 372 g/mol. The van der Waals surface area contributed by atoms with Crippen LogP contribution in [-0.2, 0) is 0 Å². The van der Waals surface area contributed by atoms with Crippen LogP contribution in [0.4, 0.5) is 0 Å². The molecule has 3 aromatic rings. The summed E-state index contributed by atoms with van der Waals surface area (Å²) in [5, 5.41) is 3.23. The number of allylic oxidation sites excluding steroid dienone is 2. The van der Waals surface area contributed by atoms with Crippen molar-refractivity contribution in [1.29, 1.82) is 0 Å². The Balaban J connectivity index is 0.000000252. The van der Waals surface area contributed by atoms with Crippen molar-refractivity contribution in [2.24, 2.45) is 5.73 Å². The van der Waals surface area contributed by atoms with Gasteiger partial charge in [-0.1, -0.05) is 92.2 Å². The topological polar surface area (TPSA) is 38.0 Å². The van der Waals surface area contributed by atoms with Crippen LogP contribution in [0.25, 0.3) is 11.1 Å². The van der Waals surface area contributed by atoms with E-state index in [-0.39, 0.29) is 6.17 Å². The summed E-state index contributed by atoms with van der Waals surface area (Å²) in [4.78, 5) is 1.03. The van der Waals surface area contributed by atoms with Crippen molar-refractivity contribution in [2.75, 3.05) is 0 Å². The van der Waals surface area contributed by atoms with Crippen molar-refractivity contribution >= 4 is 23.8 Å². The van der Waals surface area contributed by atoms with E-state index in [1.54, 1.807) is 0 Å². The maximum atomic E-state index is 6.13. The Hall–Kier alpha value is -2.75. The van der Waals surface area contributed by atoms with Crippen LogP contribution in [0.1, 0.15) is 30.5 Å². The molecule has 3 N–H and O–H groups in total. The van der Waals surface area contributed by atoms with Crippen LogP contribution in [0.2, 0.25) is 0 Å². The molecule has 0 bridgehead atoms. The van der Waals surface area contributed by atoms with Gasteiger partial charge in [-0.3, -0.25) is 0 Å². The summed E-state index contributed by atoms with van der Waals surface area (Å²) in [5.74, 6) is 0.